The summed E-state index contributed by atoms with van der Waals surface area (Å²) in [6, 6.07) is 0.438. The van der Waals surface area contributed by atoms with Crippen LogP contribution >= 0.6 is 0 Å². The molecule has 0 radical (unpaired) electrons. The van der Waals surface area contributed by atoms with Gasteiger partial charge in [-0.15, -0.1) is 0 Å². The second-order valence-corrected chi connectivity index (χ2v) is 8.88. The van der Waals surface area contributed by atoms with Crippen molar-refractivity contribution in [1.82, 2.24) is 10.2 Å². The molecule has 0 aromatic rings. The number of nitrogens with zero attached hydrogens (tertiary/aromatic N) is 1. The Balaban J connectivity index is 2.43. The van der Waals surface area contributed by atoms with Gasteiger partial charge in [-0.05, 0) is 64.8 Å². The van der Waals surface area contributed by atoms with Crippen LogP contribution in [-0.4, -0.2) is 42.3 Å². The van der Waals surface area contributed by atoms with Crippen LogP contribution in [-0.2, 0) is 4.74 Å². The molecule has 2 atom stereocenters. The van der Waals surface area contributed by atoms with Gasteiger partial charge in [0.2, 0.25) is 0 Å². The minimum atomic E-state index is -0.416. The Morgan fingerprint density at radius 1 is 1.27 bits per heavy atom. The lowest BCUT2D eigenvalue weighted by atomic mass is 9.90. The average Bonchev–Trinajstić information content (AvgIpc) is 2.35. The highest BCUT2D eigenvalue weighted by Gasteiger charge is 2.30. The van der Waals surface area contributed by atoms with Gasteiger partial charge in [0, 0.05) is 19.1 Å². The Morgan fingerprint density at radius 2 is 1.91 bits per heavy atom. The molecule has 1 aliphatic heterocycles. The van der Waals surface area contributed by atoms with E-state index in [2.05, 4.69) is 33.0 Å². The summed E-state index contributed by atoms with van der Waals surface area (Å²) in [6.07, 6.45) is 3.25. The van der Waals surface area contributed by atoms with Gasteiger partial charge in [0.25, 0.3) is 0 Å². The number of carbonyl (C=O) groups is 1. The zero-order chi connectivity index (χ0) is 17.0. The fourth-order valence-electron chi connectivity index (χ4n) is 2.75. The fraction of sp³-hybridized carbons (Fsp3) is 0.944. The van der Waals surface area contributed by atoms with E-state index in [1.165, 1.54) is 12.8 Å². The van der Waals surface area contributed by atoms with Crippen molar-refractivity contribution >= 4 is 6.09 Å². The molecule has 1 amide bonds. The highest BCUT2D eigenvalue weighted by atomic mass is 16.6. The van der Waals surface area contributed by atoms with E-state index >= 15 is 0 Å². The minimum Gasteiger partial charge on any atom is -0.444 e. The monoisotopic (exact) mass is 312 g/mol. The largest absolute Gasteiger partial charge is 0.444 e. The second-order valence-electron chi connectivity index (χ2n) is 8.88. The molecule has 1 aliphatic rings. The van der Waals surface area contributed by atoms with Crippen LogP contribution in [0.15, 0.2) is 0 Å². The Kier molecular flexibility index (Phi) is 6.72. The maximum Gasteiger partial charge on any atom is 0.410 e. The Bertz CT molecular complexity index is 355. The summed E-state index contributed by atoms with van der Waals surface area (Å²) in [6.45, 7) is 17.5. The molecular formula is C18H36N2O2. The summed E-state index contributed by atoms with van der Waals surface area (Å²) in [5.41, 5.74) is -0.0531. The van der Waals surface area contributed by atoms with Crippen LogP contribution in [0.25, 0.3) is 0 Å². The van der Waals surface area contributed by atoms with Crippen LogP contribution in [0.3, 0.4) is 0 Å². The molecule has 0 aromatic heterocycles. The highest BCUT2D eigenvalue weighted by Crippen LogP contribution is 2.23. The van der Waals surface area contributed by atoms with E-state index < -0.39 is 5.60 Å². The molecule has 22 heavy (non-hydrogen) atoms. The molecule has 4 heteroatoms. The molecule has 2 unspecified atom stereocenters. The lowest BCUT2D eigenvalue weighted by Crippen LogP contribution is -2.48. The van der Waals surface area contributed by atoms with Crippen LogP contribution in [0.4, 0.5) is 4.79 Å². The number of ether oxygens (including phenoxy) is 1. The van der Waals surface area contributed by atoms with Crippen molar-refractivity contribution in [2.45, 2.75) is 79.4 Å². The van der Waals surface area contributed by atoms with E-state index in [9.17, 15) is 4.79 Å². The van der Waals surface area contributed by atoms with E-state index in [-0.39, 0.29) is 6.09 Å². The molecule has 0 spiro atoms. The van der Waals surface area contributed by atoms with Crippen LogP contribution in [0, 0.1) is 11.3 Å². The molecule has 0 saturated carbocycles. The van der Waals surface area contributed by atoms with Gasteiger partial charge < -0.3 is 15.0 Å². The van der Waals surface area contributed by atoms with E-state index in [0.29, 0.717) is 17.4 Å². The third-order valence-electron chi connectivity index (χ3n) is 4.16. The van der Waals surface area contributed by atoms with E-state index in [0.717, 1.165) is 26.1 Å². The molecule has 1 rings (SSSR count). The van der Waals surface area contributed by atoms with E-state index in [1.807, 2.05) is 25.7 Å². The van der Waals surface area contributed by atoms with Gasteiger partial charge in [0.1, 0.15) is 5.60 Å². The SMILES string of the molecule is CC(NCCC(C)(C)C)C1CCCN(C(=O)OC(C)(C)C)C1. The number of likely N-dealkylation sites (tertiary alicyclic amines) is 1. The van der Waals surface area contributed by atoms with Crippen LogP contribution < -0.4 is 5.32 Å². The fourth-order valence-corrected chi connectivity index (χ4v) is 2.75. The molecule has 4 nitrogen and oxygen atoms in total. The minimum absolute atomic E-state index is 0.168. The third kappa shape index (κ3) is 7.48. The first-order valence-electron chi connectivity index (χ1n) is 8.69. The lowest BCUT2D eigenvalue weighted by molar-refractivity contribution is 0.0148. The van der Waals surface area contributed by atoms with Crippen LogP contribution in [0.2, 0.25) is 0 Å². The average molecular weight is 312 g/mol. The summed E-state index contributed by atoms with van der Waals surface area (Å²) in [4.78, 5) is 14.1. The van der Waals surface area contributed by atoms with Gasteiger partial charge in [-0.25, -0.2) is 4.79 Å². The molecule has 1 N–H and O–H groups in total. The number of carbonyl (C=O) groups excluding carboxylic acids is 1. The number of amides is 1. The number of rotatable bonds is 4. The standard InChI is InChI=1S/C18H36N2O2/c1-14(19-11-10-17(2,3)4)15-9-8-12-20(13-15)16(21)22-18(5,6)7/h14-15,19H,8-13H2,1-7H3. The summed E-state index contributed by atoms with van der Waals surface area (Å²) >= 11 is 0. The molecular weight excluding hydrogens is 276 g/mol. The van der Waals surface area contributed by atoms with E-state index in [4.69, 9.17) is 4.74 Å². The van der Waals surface area contributed by atoms with Gasteiger partial charge in [-0.1, -0.05) is 20.8 Å². The molecule has 0 bridgehead atoms. The molecule has 1 saturated heterocycles. The van der Waals surface area contributed by atoms with Crippen molar-refractivity contribution in [1.29, 1.82) is 0 Å². The molecule has 0 aliphatic carbocycles. The quantitative estimate of drug-likeness (QED) is 0.851. The topological polar surface area (TPSA) is 41.6 Å². The smallest absolute Gasteiger partial charge is 0.410 e. The van der Waals surface area contributed by atoms with Crippen LogP contribution in [0.1, 0.15) is 67.7 Å². The molecule has 0 aromatic carbocycles. The van der Waals surface area contributed by atoms with Crippen molar-refractivity contribution in [2.24, 2.45) is 11.3 Å². The van der Waals surface area contributed by atoms with Gasteiger partial charge in [0.05, 0.1) is 0 Å². The molecule has 1 heterocycles. The van der Waals surface area contributed by atoms with Crippen molar-refractivity contribution in [3.8, 4) is 0 Å². The first-order chi connectivity index (χ1) is 9.98. The normalized spacial score (nSPS) is 21.6. The summed E-state index contributed by atoms with van der Waals surface area (Å²) in [5, 5.41) is 3.64. The summed E-state index contributed by atoms with van der Waals surface area (Å²) in [5.74, 6) is 0.515. The lowest BCUT2D eigenvalue weighted by Gasteiger charge is -2.37. The zero-order valence-electron chi connectivity index (χ0n) is 15.7. The first kappa shape index (κ1) is 19.3. The van der Waals surface area contributed by atoms with E-state index in [1.54, 1.807) is 0 Å². The maximum atomic E-state index is 12.2. The molecule has 1 fully saturated rings. The van der Waals surface area contributed by atoms with Crippen molar-refractivity contribution in [3.05, 3.63) is 0 Å². The van der Waals surface area contributed by atoms with Crippen molar-refractivity contribution in [3.63, 3.8) is 0 Å². The first-order valence-corrected chi connectivity index (χ1v) is 8.69. The third-order valence-corrected chi connectivity index (χ3v) is 4.16. The number of hydrogen-bond donors (Lipinski definition) is 1. The van der Waals surface area contributed by atoms with Gasteiger partial charge in [0.15, 0.2) is 0 Å². The second kappa shape index (κ2) is 7.67. The van der Waals surface area contributed by atoms with Gasteiger partial charge in [-0.2, -0.15) is 0 Å². The van der Waals surface area contributed by atoms with Crippen molar-refractivity contribution < 1.29 is 9.53 Å². The number of hydrogen-bond acceptors (Lipinski definition) is 3. The zero-order valence-corrected chi connectivity index (χ0v) is 15.7. The number of piperidine rings is 1. The maximum absolute atomic E-state index is 12.2. The summed E-state index contributed by atoms with van der Waals surface area (Å²) in [7, 11) is 0. The highest BCUT2D eigenvalue weighted by molar-refractivity contribution is 5.68. The van der Waals surface area contributed by atoms with Gasteiger partial charge in [-0.3, -0.25) is 0 Å². The molecule has 130 valence electrons. The van der Waals surface area contributed by atoms with Crippen molar-refractivity contribution in [2.75, 3.05) is 19.6 Å². The predicted molar refractivity (Wildman–Crippen MR) is 92.1 cm³/mol. The predicted octanol–water partition coefficient (Wildman–Crippen LogP) is 4.05. The van der Waals surface area contributed by atoms with Crippen LogP contribution in [0.5, 0.6) is 0 Å². The van der Waals surface area contributed by atoms with Gasteiger partial charge >= 0.3 is 6.09 Å². The Labute approximate surface area is 137 Å². The summed E-state index contributed by atoms with van der Waals surface area (Å²) < 4.78 is 5.50. The Morgan fingerprint density at radius 3 is 2.45 bits per heavy atom. The Hall–Kier alpha value is -0.770. The number of nitrogens with one attached hydrogen (secondary N) is 1.